The number of ether oxygens (including phenoxy) is 3. The summed E-state index contributed by atoms with van der Waals surface area (Å²) in [5.41, 5.74) is 3.37. The van der Waals surface area contributed by atoms with Gasteiger partial charge in [-0.3, -0.25) is 0 Å². The van der Waals surface area contributed by atoms with Crippen molar-refractivity contribution >= 4 is 0 Å². The first-order chi connectivity index (χ1) is 9.63. The Hall–Kier alpha value is -2.16. The first-order valence-corrected chi connectivity index (χ1v) is 6.55. The van der Waals surface area contributed by atoms with Gasteiger partial charge in [0, 0.05) is 0 Å². The second-order valence-electron chi connectivity index (χ2n) is 4.75. The fourth-order valence-corrected chi connectivity index (χ4v) is 1.99. The van der Waals surface area contributed by atoms with Gasteiger partial charge in [0.15, 0.2) is 11.5 Å². The number of benzene rings is 2. The molecule has 0 spiro atoms. The molecule has 3 heteroatoms. The summed E-state index contributed by atoms with van der Waals surface area (Å²) in [5, 5.41) is 0. The van der Waals surface area contributed by atoms with Crippen molar-refractivity contribution < 1.29 is 14.2 Å². The topological polar surface area (TPSA) is 27.7 Å². The average molecular weight is 272 g/mol. The van der Waals surface area contributed by atoms with E-state index in [1.54, 1.807) is 14.2 Å². The summed E-state index contributed by atoms with van der Waals surface area (Å²) in [5.74, 6) is 2.36. The number of rotatable bonds is 5. The van der Waals surface area contributed by atoms with Crippen LogP contribution in [0.3, 0.4) is 0 Å². The molecule has 0 heterocycles. The molecule has 3 nitrogen and oxygen atoms in total. The maximum atomic E-state index is 5.88. The van der Waals surface area contributed by atoms with Crippen molar-refractivity contribution in [3.05, 3.63) is 53.1 Å². The zero-order chi connectivity index (χ0) is 14.5. The van der Waals surface area contributed by atoms with Gasteiger partial charge in [0.2, 0.25) is 0 Å². The third-order valence-corrected chi connectivity index (χ3v) is 3.19. The molecule has 0 aromatic heterocycles. The Bertz CT molecular complexity index is 591. The summed E-state index contributed by atoms with van der Waals surface area (Å²) in [6, 6.07) is 12.0. The minimum atomic E-state index is 0.505. The Balaban J connectivity index is 2.12. The van der Waals surface area contributed by atoms with Crippen LogP contribution in [0.4, 0.5) is 0 Å². The maximum Gasteiger partial charge on any atom is 0.161 e. The van der Waals surface area contributed by atoms with E-state index in [9.17, 15) is 0 Å². The minimum absolute atomic E-state index is 0.505. The van der Waals surface area contributed by atoms with Crippen LogP contribution in [0.15, 0.2) is 36.4 Å². The summed E-state index contributed by atoms with van der Waals surface area (Å²) in [6.45, 7) is 4.61. The Kier molecular flexibility index (Phi) is 4.51. The van der Waals surface area contributed by atoms with Gasteiger partial charge in [0.05, 0.1) is 14.2 Å². The highest BCUT2D eigenvalue weighted by molar-refractivity contribution is 5.43. The molecule has 0 atom stereocenters. The van der Waals surface area contributed by atoms with E-state index in [-0.39, 0.29) is 0 Å². The molecule has 0 N–H and O–H groups in total. The molecule has 2 rings (SSSR count). The second kappa shape index (κ2) is 6.33. The number of hydrogen-bond donors (Lipinski definition) is 0. The summed E-state index contributed by atoms with van der Waals surface area (Å²) in [4.78, 5) is 0. The van der Waals surface area contributed by atoms with Crippen LogP contribution in [-0.2, 0) is 6.61 Å². The van der Waals surface area contributed by atoms with Gasteiger partial charge < -0.3 is 14.2 Å². The standard InChI is InChI=1S/C17H20O3/c1-12-5-6-13(2)16(9-12)20-11-14-7-8-15(18-3)17(10-14)19-4/h5-10H,11H2,1-4H3. The highest BCUT2D eigenvalue weighted by Crippen LogP contribution is 2.28. The number of aryl methyl sites for hydroxylation is 2. The molecule has 0 aliphatic heterocycles. The first-order valence-electron chi connectivity index (χ1n) is 6.55. The molecule has 2 aromatic carbocycles. The van der Waals surface area contributed by atoms with Crippen molar-refractivity contribution in [2.24, 2.45) is 0 Å². The molecule has 0 aliphatic carbocycles. The van der Waals surface area contributed by atoms with Gasteiger partial charge in [-0.25, -0.2) is 0 Å². The lowest BCUT2D eigenvalue weighted by molar-refractivity contribution is 0.301. The Labute approximate surface area is 120 Å². The molecule has 106 valence electrons. The van der Waals surface area contributed by atoms with Crippen LogP contribution < -0.4 is 14.2 Å². The molecule has 0 amide bonds. The smallest absolute Gasteiger partial charge is 0.161 e. The summed E-state index contributed by atoms with van der Waals surface area (Å²) in [7, 11) is 3.26. The highest BCUT2D eigenvalue weighted by atomic mass is 16.5. The van der Waals surface area contributed by atoms with E-state index in [4.69, 9.17) is 14.2 Å². The van der Waals surface area contributed by atoms with Gasteiger partial charge in [-0.2, -0.15) is 0 Å². The molecule has 0 fully saturated rings. The van der Waals surface area contributed by atoms with E-state index in [1.165, 1.54) is 5.56 Å². The SMILES string of the molecule is COc1ccc(COc2cc(C)ccc2C)cc1OC. The monoisotopic (exact) mass is 272 g/mol. The van der Waals surface area contributed by atoms with Crippen LogP contribution in [0.1, 0.15) is 16.7 Å². The van der Waals surface area contributed by atoms with E-state index >= 15 is 0 Å². The molecular formula is C17H20O3. The predicted octanol–water partition coefficient (Wildman–Crippen LogP) is 3.90. The van der Waals surface area contributed by atoms with Crippen LogP contribution in [0.25, 0.3) is 0 Å². The molecule has 0 bridgehead atoms. The van der Waals surface area contributed by atoms with Crippen LogP contribution in [0.2, 0.25) is 0 Å². The van der Waals surface area contributed by atoms with Gasteiger partial charge in [-0.05, 0) is 48.7 Å². The van der Waals surface area contributed by atoms with Crippen LogP contribution >= 0.6 is 0 Å². The van der Waals surface area contributed by atoms with E-state index in [2.05, 4.69) is 25.1 Å². The fourth-order valence-electron chi connectivity index (χ4n) is 1.99. The van der Waals surface area contributed by atoms with Gasteiger partial charge in [0.1, 0.15) is 12.4 Å². The summed E-state index contributed by atoms with van der Waals surface area (Å²) in [6.07, 6.45) is 0. The van der Waals surface area contributed by atoms with Gasteiger partial charge in [-0.1, -0.05) is 18.2 Å². The lowest BCUT2D eigenvalue weighted by Crippen LogP contribution is -1.99. The number of hydrogen-bond acceptors (Lipinski definition) is 3. The van der Waals surface area contributed by atoms with Gasteiger partial charge >= 0.3 is 0 Å². The van der Waals surface area contributed by atoms with E-state index < -0.39 is 0 Å². The third kappa shape index (κ3) is 3.23. The van der Waals surface area contributed by atoms with Crippen LogP contribution in [0, 0.1) is 13.8 Å². The molecule has 0 radical (unpaired) electrons. The molecule has 2 aromatic rings. The lowest BCUT2D eigenvalue weighted by Gasteiger charge is -2.12. The van der Waals surface area contributed by atoms with Crippen LogP contribution in [0.5, 0.6) is 17.2 Å². The quantitative estimate of drug-likeness (QED) is 0.826. The Morgan fingerprint density at radius 3 is 2.25 bits per heavy atom. The molecule has 0 saturated carbocycles. The van der Waals surface area contributed by atoms with Crippen molar-refractivity contribution in [3.63, 3.8) is 0 Å². The van der Waals surface area contributed by atoms with Crippen molar-refractivity contribution in [3.8, 4) is 17.2 Å². The zero-order valence-electron chi connectivity index (χ0n) is 12.4. The maximum absolute atomic E-state index is 5.88. The second-order valence-corrected chi connectivity index (χ2v) is 4.75. The van der Waals surface area contributed by atoms with Crippen molar-refractivity contribution in [2.45, 2.75) is 20.5 Å². The molecule has 20 heavy (non-hydrogen) atoms. The van der Waals surface area contributed by atoms with Gasteiger partial charge in [0.25, 0.3) is 0 Å². The summed E-state index contributed by atoms with van der Waals surface area (Å²) >= 11 is 0. The highest BCUT2D eigenvalue weighted by Gasteiger charge is 2.06. The predicted molar refractivity (Wildman–Crippen MR) is 79.8 cm³/mol. The first kappa shape index (κ1) is 14.3. The lowest BCUT2D eigenvalue weighted by atomic mass is 10.1. The third-order valence-electron chi connectivity index (χ3n) is 3.19. The summed E-state index contributed by atoms with van der Waals surface area (Å²) < 4.78 is 16.4. The normalized spacial score (nSPS) is 10.2. The van der Waals surface area contributed by atoms with Crippen molar-refractivity contribution in [1.82, 2.24) is 0 Å². The van der Waals surface area contributed by atoms with E-state index in [0.29, 0.717) is 6.61 Å². The zero-order valence-corrected chi connectivity index (χ0v) is 12.4. The average Bonchev–Trinajstić information content (AvgIpc) is 2.47. The largest absolute Gasteiger partial charge is 0.493 e. The molecule has 0 unspecified atom stereocenters. The molecular weight excluding hydrogens is 252 g/mol. The Morgan fingerprint density at radius 1 is 0.800 bits per heavy atom. The van der Waals surface area contributed by atoms with Gasteiger partial charge in [-0.15, -0.1) is 0 Å². The number of methoxy groups -OCH3 is 2. The van der Waals surface area contributed by atoms with Crippen molar-refractivity contribution in [1.29, 1.82) is 0 Å². The molecule has 0 aliphatic rings. The fraction of sp³-hybridized carbons (Fsp3) is 0.294. The molecule has 0 saturated heterocycles. The minimum Gasteiger partial charge on any atom is -0.493 e. The van der Waals surface area contributed by atoms with Crippen molar-refractivity contribution in [2.75, 3.05) is 14.2 Å². The van der Waals surface area contributed by atoms with Crippen LogP contribution in [-0.4, -0.2) is 14.2 Å². The Morgan fingerprint density at radius 2 is 1.55 bits per heavy atom. The van der Waals surface area contributed by atoms with E-state index in [0.717, 1.165) is 28.4 Å². The van der Waals surface area contributed by atoms with E-state index in [1.807, 2.05) is 25.1 Å².